The van der Waals surface area contributed by atoms with Gasteiger partial charge in [0.25, 0.3) is 0 Å². The van der Waals surface area contributed by atoms with Gasteiger partial charge in [-0.25, -0.2) is 19.2 Å². The van der Waals surface area contributed by atoms with E-state index in [0.717, 1.165) is 50.8 Å². The Balaban J connectivity index is 0.000000280. The van der Waals surface area contributed by atoms with Gasteiger partial charge >= 0.3 is 24.4 Å². The number of benzene rings is 4. The molecule has 0 aliphatic carbocycles. The topological polar surface area (TPSA) is 178 Å². The van der Waals surface area contributed by atoms with E-state index in [2.05, 4.69) is 12.2 Å². The average Bonchev–Trinajstić information content (AvgIpc) is 3.54. The normalized spacial score (nSPS) is 11.7. The van der Waals surface area contributed by atoms with Gasteiger partial charge in [0.15, 0.2) is 0 Å². The first kappa shape index (κ1) is 51.4. The second-order valence-corrected chi connectivity index (χ2v) is 16.6. The van der Waals surface area contributed by atoms with Crippen LogP contribution in [-0.2, 0) is 12.2 Å². The summed E-state index contributed by atoms with van der Waals surface area (Å²) in [4.78, 5) is 48.4. The van der Waals surface area contributed by atoms with Gasteiger partial charge < -0.3 is 34.8 Å². The molecule has 5 rings (SSSR count). The van der Waals surface area contributed by atoms with Crippen molar-refractivity contribution in [3.05, 3.63) is 101 Å². The molecule has 1 heterocycles. The van der Waals surface area contributed by atoms with Crippen LogP contribution in [0.25, 0.3) is 0 Å². The number of carbonyl (C=O) groups excluding carboxylic acids is 1. The average molecular weight is 881 g/mol. The van der Waals surface area contributed by atoms with Gasteiger partial charge in [0, 0.05) is 62.1 Å². The Hall–Kier alpha value is -5.74. The summed E-state index contributed by atoms with van der Waals surface area (Å²) in [5.74, 6) is 3.82. The van der Waals surface area contributed by atoms with Crippen molar-refractivity contribution in [3.8, 4) is 17.2 Å². The van der Waals surface area contributed by atoms with Crippen molar-refractivity contribution in [2.24, 2.45) is 0 Å². The Bertz CT molecular complexity index is 2070. The van der Waals surface area contributed by atoms with E-state index in [4.69, 9.17) is 29.5 Å². The van der Waals surface area contributed by atoms with E-state index in [9.17, 15) is 19.2 Å². The Morgan fingerprint density at radius 3 is 1.85 bits per heavy atom. The molecule has 332 valence electrons. The molecule has 0 saturated carbocycles. The van der Waals surface area contributed by atoms with Crippen LogP contribution in [0.1, 0.15) is 56.9 Å². The summed E-state index contributed by atoms with van der Waals surface area (Å²) < 4.78 is 16.4. The van der Waals surface area contributed by atoms with Crippen LogP contribution in [0.4, 0.5) is 36.2 Å². The van der Waals surface area contributed by atoms with Crippen molar-refractivity contribution < 1.29 is 48.7 Å². The van der Waals surface area contributed by atoms with Crippen molar-refractivity contribution >= 4 is 65.0 Å². The largest absolute Gasteiger partial charge is 0.489 e. The molecule has 0 bridgehead atoms. The molecule has 0 radical (unpaired) electrons. The predicted molar refractivity (Wildman–Crippen MR) is 247 cm³/mol. The third-order valence-electron chi connectivity index (χ3n) is 8.76. The first-order valence-corrected chi connectivity index (χ1v) is 21.7. The molecule has 16 heteroatoms. The number of hydrogen-bond donors (Lipinski definition) is 4. The number of para-hydroxylation sites is 4. The van der Waals surface area contributed by atoms with Crippen molar-refractivity contribution in [1.29, 1.82) is 0 Å². The number of fused-ring (bicyclic) bond motifs is 1. The highest BCUT2D eigenvalue weighted by Crippen LogP contribution is 2.41. The van der Waals surface area contributed by atoms with Crippen LogP contribution in [0.3, 0.4) is 0 Å². The number of nitrogens with one attached hydrogen (secondary N) is 1. The highest BCUT2D eigenvalue weighted by molar-refractivity contribution is 7.98. The summed E-state index contributed by atoms with van der Waals surface area (Å²) in [6.07, 6.45) is -0.501. The summed E-state index contributed by atoms with van der Waals surface area (Å²) >= 11 is 3.48. The molecule has 4 aromatic carbocycles. The van der Waals surface area contributed by atoms with Gasteiger partial charge in [0.1, 0.15) is 22.8 Å². The maximum atomic E-state index is 11.1. The number of nitrogens with zero attached hydrogens (tertiary/aromatic N) is 3. The number of carboxylic acid groups (broad SMARTS) is 3. The first-order valence-electron chi connectivity index (χ1n) is 19.3. The van der Waals surface area contributed by atoms with Gasteiger partial charge in [-0.1, -0.05) is 49.4 Å². The maximum absolute atomic E-state index is 11.1. The van der Waals surface area contributed by atoms with Crippen molar-refractivity contribution in [2.45, 2.75) is 77.2 Å². The molecule has 0 atom stereocenters. The second-order valence-electron chi connectivity index (χ2n) is 14.5. The van der Waals surface area contributed by atoms with Crippen molar-refractivity contribution in [1.82, 2.24) is 5.32 Å². The van der Waals surface area contributed by atoms with E-state index in [1.54, 1.807) is 68.0 Å². The van der Waals surface area contributed by atoms with E-state index in [1.165, 1.54) is 28.8 Å². The fraction of sp³-hybridized carbons (Fsp3) is 0.378. The molecule has 0 fully saturated rings. The zero-order valence-corrected chi connectivity index (χ0v) is 38.7. The minimum Gasteiger partial charge on any atom is -0.489 e. The Morgan fingerprint density at radius 1 is 0.803 bits per heavy atom. The number of ether oxygens (including phenoxy) is 3. The molecular formula is C45H60N4O10S2. The van der Waals surface area contributed by atoms with Crippen LogP contribution in [0.15, 0.2) is 83.8 Å². The quantitative estimate of drug-likeness (QED) is 0.111. The lowest BCUT2D eigenvalue weighted by atomic mass is 10.0. The van der Waals surface area contributed by atoms with Gasteiger partial charge in [-0.2, -0.15) is 11.8 Å². The molecule has 4 amide bonds. The highest BCUT2D eigenvalue weighted by atomic mass is 32.2. The number of amides is 4. The molecule has 4 aromatic rings. The minimum absolute atomic E-state index is 0.0216. The van der Waals surface area contributed by atoms with E-state index >= 15 is 0 Å². The number of thioether (sulfide) groups is 2. The number of anilines is 3. The lowest BCUT2D eigenvalue weighted by Crippen LogP contribution is -2.27. The smallest absolute Gasteiger partial charge is 0.412 e. The molecule has 4 N–H and O–H groups in total. The molecule has 0 saturated heterocycles. The van der Waals surface area contributed by atoms with Gasteiger partial charge in [-0.3, -0.25) is 14.7 Å². The first-order chi connectivity index (χ1) is 28.7. The molecule has 1 aliphatic heterocycles. The molecule has 0 unspecified atom stereocenters. The fourth-order valence-electron chi connectivity index (χ4n) is 5.80. The summed E-state index contributed by atoms with van der Waals surface area (Å²) in [5, 5.41) is 29.1. The van der Waals surface area contributed by atoms with Crippen LogP contribution < -0.4 is 34.2 Å². The number of rotatable bonds is 10. The van der Waals surface area contributed by atoms with Crippen LogP contribution in [0, 0.1) is 13.8 Å². The number of carbonyl (C=O) groups is 4. The van der Waals surface area contributed by atoms with Crippen molar-refractivity contribution in [3.63, 3.8) is 0 Å². The van der Waals surface area contributed by atoms with Crippen LogP contribution in [0.2, 0.25) is 0 Å². The SMILES string of the molecule is CC(C)Oc1ccccc1N(C)C(=O)O.CCSCc1ccccc1OC(=O)NC.CN(C(=O)O)c1cccc2c1OC(C)(C)C2.CSc1c(C)cc(N(C)C(=O)O)cc1C. The zero-order valence-electron chi connectivity index (χ0n) is 37.1. The summed E-state index contributed by atoms with van der Waals surface area (Å²) in [6.45, 7) is 13.9. The lowest BCUT2D eigenvalue weighted by Gasteiger charge is -2.20. The maximum Gasteiger partial charge on any atom is 0.412 e. The number of aryl methyl sites for hydroxylation is 2. The van der Waals surface area contributed by atoms with E-state index in [1.807, 2.05) is 96.3 Å². The van der Waals surface area contributed by atoms with Gasteiger partial charge in [0.2, 0.25) is 0 Å². The minimum atomic E-state index is -1.00. The number of hydrogen-bond acceptors (Lipinski definition) is 9. The molecule has 0 spiro atoms. The van der Waals surface area contributed by atoms with Gasteiger partial charge in [-0.05, 0) is 101 Å². The fourth-order valence-corrected chi connectivity index (χ4v) is 7.22. The van der Waals surface area contributed by atoms with Crippen LogP contribution in [0.5, 0.6) is 17.2 Å². The molecule has 0 aromatic heterocycles. The van der Waals surface area contributed by atoms with Crippen LogP contribution >= 0.6 is 23.5 Å². The predicted octanol–water partition coefficient (Wildman–Crippen LogP) is 10.9. The molecule has 61 heavy (non-hydrogen) atoms. The Labute approximate surface area is 368 Å². The van der Waals surface area contributed by atoms with E-state index in [0.29, 0.717) is 28.6 Å². The van der Waals surface area contributed by atoms with Gasteiger partial charge in [-0.15, -0.1) is 11.8 Å². The Kier molecular flexibility index (Phi) is 20.6. The van der Waals surface area contributed by atoms with E-state index < -0.39 is 24.4 Å². The lowest BCUT2D eigenvalue weighted by molar-refractivity contribution is 0.138. The third-order valence-corrected chi connectivity index (χ3v) is 10.7. The van der Waals surface area contributed by atoms with Crippen LogP contribution in [-0.4, -0.2) is 91.6 Å². The molecule has 1 aliphatic rings. The monoisotopic (exact) mass is 880 g/mol. The molecular weight excluding hydrogens is 821 g/mol. The molecule has 14 nitrogen and oxygen atoms in total. The highest BCUT2D eigenvalue weighted by Gasteiger charge is 2.33. The standard InChI is InChI=1S/C12H15NO3.C11H15NO3.2C11H15NO2S/c1-12(2)7-8-5-4-6-9(10(8)16-12)13(3)11(14)15;1-8(2)15-10-7-5-4-6-9(10)12(3)11(13)14;1-7-5-9(12(3)11(13)14)6-8(2)10(7)15-4;1-3-15-8-9-6-4-5-7-10(9)14-11(13)12-2/h4-6H,7H2,1-3H3,(H,14,15);4-8H,1-3H3,(H,13,14);5-6H,1-4H3,(H,13,14);4-7H,3,8H2,1-2H3,(H,12,13). The van der Waals surface area contributed by atoms with E-state index in [-0.39, 0.29) is 11.7 Å². The zero-order chi connectivity index (χ0) is 46.0. The second kappa shape index (κ2) is 24.5. The van der Waals surface area contributed by atoms with Crippen molar-refractivity contribution in [2.75, 3.05) is 54.9 Å². The summed E-state index contributed by atoms with van der Waals surface area (Å²) in [6, 6.07) is 24.0. The van der Waals surface area contributed by atoms with Gasteiger partial charge in [0.05, 0.1) is 17.5 Å². The summed E-state index contributed by atoms with van der Waals surface area (Å²) in [7, 11) is 6.11. The Morgan fingerprint density at radius 2 is 1.33 bits per heavy atom. The summed E-state index contributed by atoms with van der Waals surface area (Å²) in [5.41, 5.74) is 5.97. The third kappa shape index (κ3) is 16.0.